The zero-order valence-corrected chi connectivity index (χ0v) is 2.31. The van der Waals surface area contributed by atoms with E-state index in [0.717, 1.165) is 0 Å². The van der Waals surface area contributed by atoms with Gasteiger partial charge in [0.15, 0.2) is 0 Å². The summed E-state index contributed by atoms with van der Waals surface area (Å²) in [7, 11) is 5.11. The molecule has 0 aromatic rings. The molecule has 0 fully saturated rings. The van der Waals surface area contributed by atoms with E-state index >= 15 is 0 Å². The van der Waals surface area contributed by atoms with Crippen molar-refractivity contribution in [3.05, 3.63) is 12.2 Å². The van der Waals surface area contributed by atoms with E-state index in [9.17, 15) is 0 Å². The lowest BCUT2D eigenvalue weighted by molar-refractivity contribution is 1.67. The number of hydrogen-bond donors (Lipinski definition) is 0. The maximum atomic E-state index is 5.11. The van der Waals surface area contributed by atoms with Gasteiger partial charge in [-0.15, -0.1) is 0 Å². The summed E-state index contributed by atoms with van der Waals surface area (Å²) in [6, 6.07) is 0. The SMILES string of the molecule is [B]C1C=C1. The van der Waals surface area contributed by atoms with Crippen LogP contribution in [0.2, 0.25) is 5.82 Å². The van der Waals surface area contributed by atoms with Crippen molar-refractivity contribution >= 4 is 7.85 Å². The van der Waals surface area contributed by atoms with Gasteiger partial charge in [-0.05, 0) is 5.82 Å². The van der Waals surface area contributed by atoms with E-state index in [2.05, 4.69) is 0 Å². The van der Waals surface area contributed by atoms with Crippen LogP contribution in [0.15, 0.2) is 12.2 Å². The third-order valence-corrected chi connectivity index (χ3v) is 0.415. The van der Waals surface area contributed by atoms with Gasteiger partial charge in [0.25, 0.3) is 0 Å². The molecule has 0 saturated carbocycles. The summed E-state index contributed by atoms with van der Waals surface area (Å²) in [5.74, 6) is 0.333. The molecule has 0 saturated heterocycles. The molecule has 1 aliphatic rings. The third-order valence-electron chi connectivity index (χ3n) is 0.415. The van der Waals surface area contributed by atoms with Crippen molar-refractivity contribution in [2.75, 3.05) is 0 Å². The van der Waals surface area contributed by atoms with Crippen molar-refractivity contribution in [3.63, 3.8) is 0 Å². The summed E-state index contributed by atoms with van der Waals surface area (Å²) in [4.78, 5) is 0. The zero-order chi connectivity index (χ0) is 2.99. The Labute approximate surface area is 26.9 Å². The molecule has 0 atom stereocenters. The summed E-state index contributed by atoms with van der Waals surface area (Å²) in [6.45, 7) is 0. The molecular weight excluding hydrogens is 46.8 g/mol. The fraction of sp³-hybridized carbons (Fsp3) is 0.333. The average Bonchev–Trinajstić information content (AvgIpc) is 1.75. The van der Waals surface area contributed by atoms with Crippen LogP contribution < -0.4 is 0 Å². The van der Waals surface area contributed by atoms with Gasteiger partial charge in [0.05, 0.1) is 7.85 Å². The second-order valence-electron chi connectivity index (χ2n) is 0.962. The highest BCUT2D eigenvalue weighted by Gasteiger charge is 1.97. The van der Waals surface area contributed by atoms with Crippen LogP contribution in [0.1, 0.15) is 0 Å². The Bertz CT molecular complexity index is 41.2. The summed E-state index contributed by atoms with van der Waals surface area (Å²) in [6.07, 6.45) is 3.89. The van der Waals surface area contributed by atoms with E-state index in [1.54, 1.807) is 0 Å². The highest BCUT2D eigenvalue weighted by molar-refractivity contribution is 6.16. The molecule has 18 valence electrons. The monoisotopic (exact) mass is 50.0 g/mol. The van der Waals surface area contributed by atoms with Crippen molar-refractivity contribution < 1.29 is 0 Å². The van der Waals surface area contributed by atoms with Gasteiger partial charge in [0, 0.05) is 0 Å². The fourth-order valence-corrected chi connectivity index (χ4v) is 0.0642. The molecule has 0 heterocycles. The Kier molecular flexibility index (Phi) is 0.205. The van der Waals surface area contributed by atoms with Crippen LogP contribution in [0, 0.1) is 0 Å². The van der Waals surface area contributed by atoms with E-state index in [4.69, 9.17) is 7.85 Å². The Morgan fingerprint density at radius 3 is 1.75 bits per heavy atom. The molecule has 4 heavy (non-hydrogen) atoms. The Hall–Kier alpha value is -0.195. The van der Waals surface area contributed by atoms with Gasteiger partial charge in [0.2, 0.25) is 0 Å². The van der Waals surface area contributed by atoms with Crippen molar-refractivity contribution in [2.24, 2.45) is 0 Å². The van der Waals surface area contributed by atoms with Gasteiger partial charge in [-0.3, -0.25) is 0 Å². The van der Waals surface area contributed by atoms with Gasteiger partial charge in [0.1, 0.15) is 0 Å². The average molecular weight is 49.9 g/mol. The van der Waals surface area contributed by atoms with Crippen LogP contribution in [-0.2, 0) is 0 Å². The first-order valence-corrected chi connectivity index (χ1v) is 1.33. The van der Waals surface area contributed by atoms with E-state index in [1.165, 1.54) is 0 Å². The molecule has 0 N–H and O–H groups in total. The van der Waals surface area contributed by atoms with Crippen LogP contribution >= 0.6 is 0 Å². The summed E-state index contributed by atoms with van der Waals surface area (Å²) in [5, 5.41) is 0. The lowest BCUT2D eigenvalue weighted by Gasteiger charge is -1.57. The minimum Gasteiger partial charge on any atom is -0.0906 e. The molecule has 1 aliphatic carbocycles. The highest BCUT2D eigenvalue weighted by atomic mass is 14.0. The largest absolute Gasteiger partial charge is 0.0906 e. The molecule has 0 aliphatic heterocycles. The first-order valence-electron chi connectivity index (χ1n) is 1.33. The van der Waals surface area contributed by atoms with Crippen LogP contribution in [0.25, 0.3) is 0 Å². The van der Waals surface area contributed by atoms with Crippen molar-refractivity contribution in [1.29, 1.82) is 0 Å². The lowest BCUT2D eigenvalue weighted by Crippen LogP contribution is -1.51. The molecule has 0 unspecified atom stereocenters. The van der Waals surface area contributed by atoms with E-state index in [0.29, 0.717) is 5.82 Å². The second-order valence-corrected chi connectivity index (χ2v) is 0.962. The topological polar surface area (TPSA) is 0 Å². The maximum Gasteiger partial charge on any atom is 0.0811 e. The first-order chi connectivity index (χ1) is 1.89. The molecule has 2 radical (unpaired) electrons. The van der Waals surface area contributed by atoms with E-state index in [-0.39, 0.29) is 0 Å². The predicted octanol–water partition coefficient (Wildman–Crippen LogP) is 0.513. The highest BCUT2D eigenvalue weighted by Crippen LogP contribution is 2.16. The molecule has 1 heteroatoms. The summed E-state index contributed by atoms with van der Waals surface area (Å²) >= 11 is 0. The normalized spacial score (nSPS) is 22.0. The van der Waals surface area contributed by atoms with Gasteiger partial charge in [-0.1, -0.05) is 12.2 Å². The van der Waals surface area contributed by atoms with E-state index in [1.807, 2.05) is 12.2 Å². The quantitative estimate of drug-likeness (QED) is 0.277. The Morgan fingerprint density at radius 2 is 1.75 bits per heavy atom. The molecule has 0 aromatic heterocycles. The van der Waals surface area contributed by atoms with Crippen LogP contribution in [-0.4, -0.2) is 7.85 Å². The molecule has 0 nitrogen and oxygen atoms in total. The molecule has 0 amide bonds. The standard InChI is InChI=1S/C3H3B/c4-3-1-2-3/h1-3H. The Balaban J connectivity index is 2.32. The minimum absolute atomic E-state index is 0.333. The fourth-order valence-electron chi connectivity index (χ4n) is 0.0642. The first kappa shape index (κ1) is 2.07. The van der Waals surface area contributed by atoms with Crippen LogP contribution in [0.3, 0.4) is 0 Å². The summed E-state index contributed by atoms with van der Waals surface area (Å²) < 4.78 is 0. The minimum atomic E-state index is 0.333. The Morgan fingerprint density at radius 1 is 1.50 bits per heavy atom. The van der Waals surface area contributed by atoms with Crippen LogP contribution in [0.5, 0.6) is 0 Å². The smallest absolute Gasteiger partial charge is 0.0811 e. The van der Waals surface area contributed by atoms with Crippen molar-refractivity contribution in [3.8, 4) is 0 Å². The zero-order valence-electron chi connectivity index (χ0n) is 2.31. The van der Waals surface area contributed by atoms with Crippen LogP contribution in [0.4, 0.5) is 0 Å². The van der Waals surface area contributed by atoms with Gasteiger partial charge >= 0.3 is 0 Å². The third kappa shape index (κ3) is 0.149. The molecule has 0 bridgehead atoms. The molecular formula is C3H3B. The van der Waals surface area contributed by atoms with Gasteiger partial charge in [-0.2, -0.15) is 0 Å². The summed E-state index contributed by atoms with van der Waals surface area (Å²) in [5.41, 5.74) is 0. The second kappa shape index (κ2) is 0.396. The number of rotatable bonds is 0. The lowest BCUT2D eigenvalue weighted by atomic mass is 10.0. The number of allylic oxidation sites excluding steroid dienone is 2. The number of hydrogen-bond acceptors (Lipinski definition) is 0. The van der Waals surface area contributed by atoms with E-state index < -0.39 is 0 Å². The van der Waals surface area contributed by atoms with Gasteiger partial charge in [-0.25, -0.2) is 0 Å². The molecule has 0 spiro atoms. The van der Waals surface area contributed by atoms with Gasteiger partial charge < -0.3 is 0 Å². The predicted molar refractivity (Wildman–Crippen MR) is 18.6 cm³/mol. The van der Waals surface area contributed by atoms with Crippen molar-refractivity contribution in [2.45, 2.75) is 5.82 Å². The molecule has 0 aromatic carbocycles. The maximum absolute atomic E-state index is 5.11. The molecule has 1 rings (SSSR count). The van der Waals surface area contributed by atoms with Crippen molar-refractivity contribution in [1.82, 2.24) is 0 Å².